The molecule has 0 aliphatic heterocycles. The van der Waals surface area contributed by atoms with Gasteiger partial charge in [-0.1, -0.05) is 30.5 Å². The van der Waals surface area contributed by atoms with E-state index in [-0.39, 0.29) is 17.7 Å². The maximum Gasteiger partial charge on any atom is 0.247 e. The van der Waals surface area contributed by atoms with Crippen LogP contribution in [0, 0.1) is 12.8 Å². The van der Waals surface area contributed by atoms with Crippen LogP contribution in [-0.4, -0.2) is 17.9 Å². The highest BCUT2D eigenvalue weighted by atomic mass is 35.5. The zero-order valence-corrected chi connectivity index (χ0v) is 13.2. The molecule has 1 aliphatic carbocycles. The van der Waals surface area contributed by atoms with Gasteiger partial charge in [0.15, 0.2) is 0 Å². The van der Waals surface area contributed by atoms with Crippen molar-refractivity contribution in [3.8, 4) is 0 Å². The molecule has 0 spiro atoms. The number of anilines is 1. The maximum atomic E-state index is 12.5. The van der Waals surface area contributed by atoms with Gasteiger partial charge in [-0.05, 0) is 43.4 Å². The molecule has 4 nitrogen and oxygen atoms in total. The molecule has 1 atom stereocenters. The van der Waals surface area contributed by atoms with Crippen molar-refractivity contribution in [1.82, 2.24) is 5.32 Å². The minimum Gasteiger partial charge on any atom is -0.344 e. The number of nitrogens with one attached hydrogen (secondary N) is 2. The molecule has 1 saturated carbocycles. The quantitative estimate of drug-likeness (QED) is 0.896. The average Bonchev–Trinajstić information content (AvgIpc) is 2.93. The Balaban J connectivity index is 2.09. The molecular formula is C16H21ClN2O2. The highest BCUT2D eigenvalue weighted by Gasteiger charge is 2.31. The number of rotatable bonds is 4. The van der Waals surface area contributed by atoms with Crippen LogP contribution in [0.1, 0.15) is 38.2 Å². The topological polar surface area (TPSA) is 58.2 Å². The van der Waals surface area contributed by atoms with Crippen LogP contribution in [0.25, 0.3) is 0 Å². The van der Waals surface area contributed by atoms with E-state index in [2.05, 4.69) is 10.6 Å². The van der Waals surface area contributed by atoms with Crippen molar-refractivity contribution in [3.05, 3.63) is 28.8 Å². The van der Waals surface area contributed by atoms with Gasteiger partial charge in [-0.15, -0.1) is 0 Å². The number of carbonyl (C=O) groups excluding carboxylic acids is 2. The molecule has 114 valence electrons. The Bertz CT molecular complexity index is 539. The van der Waals surface area contributed by atoms with Crippen LogP contribution in [0.2, 0.25) is 5.02 Å². The first kappa shape index (κ1) is 15.8. The number of halogens is 1. The predicted molar refractivity (Wildman–Crippen MR) is 84.4 cm³/mol. The minimum atomic E-state index is -0.468. The fraction of sp³-hybridized carbons (Fsp3) is 0.500. The molecule has 0 aromatic heterocycles. The molecule has 1 aromatic carbocycles. The van der Waals surface area contributed by atoms with Gasteiger partial charge in [0.25, 0.3) is 0 Å². The summed E-state index contributed by atoms with van der Waals surface area (Å²) < 4.78 is 0. The van der Waals surface area contributed by atoms with Crippen molar-refractivity contribution in [2.75, 3.05) is 5.32 Å². The minimum absolute atomic E-state index is 0.169. The van der Waals surface area contributed by atoms with Gasteiger partial charge in [0.05, 0.1) is 0 Å². The first-order valence-electron chi connectivity index (χ1n) is 7.31. The van der Waals surface area contributed by atoms with Crippen molar-refractivity contribution in [1.29, 1.82) is 0 Å². The lowest BCUT2D eigenvalue weighted by Gasteiger charge is -2.23. The standard InChI is InChI=1S/C16H21ClN2O2/c1-10-7-8-13(9-14(10)17)19-16(21)15(18-11(2)20)12-5-3-4-6-12/h7-9,12,15H,3-6H2,1-2H3,(H,18,20)(H,19,21)/t15-/m1/s1. The Morgan fingerprint density at radius 2 is 1.95 bits per heavy atom. The summed E-state index contributed by atoms with van der Waals surface area (Å²) in [4.78, 5) is 23.8. The smallest absolute Gasteiger partial charge is 0.247 e. The number of aryl methyl sites for hydroxylation is 1. The maximum absolute atomic E-state index is 12.5. The lowest BCUT2D eigenvalue weighted by molar-refractivity contribution is -0.126. The van der Waals surface area contributed by atoms with E-state index in [0.717, 1.165) is 31.2 Å². The Morgan fingerprint density at radius 3 is 2.52 bits per heavy atom. The second kappa shape index (κ2) is 6.94. The molecule has 0 radical (unpaired) electrons. The van der Waals surface area contributed by atoms with E-state index in [0.29, 0.717) is 10.7 Å². The molecule has 2 rings (SSSR count). The van der Waals surface area contributed by atoms with E-state index in [1.807, 2.05) is 19.1 Å². The molecule has 2 N–H and O–H groups in total. The fourth-order valence-corrected chi connectivity index (χ4v) is 2.98. The van der Waals surface area contributed by atoms with Crippen LogP contribution in [0.3, 0.4) is 0 Å². The molecule has 21 heavy (non-hydrogen) atoms. The highest BCUT2D eigenvalue weighted by Crippen LogP contribution is 2.28. The first-order valence-corrected chi connectivity index (χ1v) is 7.69. The summed E-state index contributed by atoms with van der Waals surface area (Å²) >= 11 is 6.07. The Hall–Kier alpha value is -1.55. The molecule has 5 heteroatoms. The average molecular weight is 309 g/mol. The molecule has 2 amide bonds. The Labute approximate surface area is 130 Å². The van der Waals surface area contributed by atoms with Crippen LogP contribution in [-0.2, 0) is 9.59 Å². The first-order chi connectivity index (χ1) is 9.97. The van der Waals surface area contributed by atoms with Crippen molar-refractivity contribution in [2.45, 2.75) is 45.6 Å². The van der Waals surface area contributed by atoms with Gasteiger partial charge in [-0.25, -0.2) is 0 Å². The van der Waals surface area contributed by atoms with Gasteiger partial charge in [0.2, 0.25) is 11.8 Å². The predicted octanol–water partition coefficient (Wildman–Crippen LogP) is 3.28. The second-order valence-electron chi connectivity index (χ2n) is 5.68. The molecule has 1 aliphatic rings. The van der Waals surface area contributed by atoms with E-state index in [1.165, 1.54) is 6.92 Å². The number of hydrogen-bond donors (Lipinski definition) is 2. The zero-order chi connectivity index (χ0) is 15.4. The summed E-state index contributed by atoms with van der Waals surface area (Å²) in [7, 11) is 0. The number of carbonyl (C=O) groups is 2. The summed E-state index contributed by atoms with van der Waals surface area (Å²) in [5, 5.41) is 6.25. The van der Waals surface area contributed by atoms with E-state index in [4.69, 9.17) is 11.6 Å². The van der Waals surface area contributed by atoms with Crippen molar-refractivity contribution in [3.63, 3.8) is 0 Å². The summed E-state index contributed by atoms with van der Waals surface area (Å²) in [5.74, 6) is -0.129. The Kier molecular flexibility index (Phi) is 5.23. The normalized spacial score (nSPS) is 16.5. The third-order valence-electron chi connectivity index (χ3n) is 3.95. The van der Waals surface area contributed by atoms with Gasteiger partial charge in [0, 0.05) is 17.6 Å². The lowest BCUT2D eigenvalue weighted by Crippen LogP contribution is -2.47. The van der Waals surface area contributed by atoms with Crippen LogP contribution in [0.15, 0.2) is 18.2 Å². The van der Waals surface area contributed by atoms with E-state index >= 15 is 0 Å². The lowest BCUT2D eigenvalue weighted by atomic mass is 9.97. The number of hydrogen-bond acceptors (Lipinski definition) is 2. The van der Waals surface area contributed by atoms with Crippen LogP contribution in [0.4, 0.5) is 5.69 Å². The third kappa shape index (κ3) is 4.21. The third-order valence-corrected chi connectivity index (χ3v) is 4.36. The SMILES string of the molecule is CC(=O)N[C@@H](C(=O)Nc1ccc(C)c(Cl)c1)C1CCCC1. The summed E-state index contributed by atoms with van der Waals surface area (Å²) in [5.41, 5.74) is 1.62. The van der Waals surface area contributed by atoms with E-state index < -0.39 is 6.04 Å². The molecular weight excluding hydrogens is 288 g/mol. The molecule has 0 bridgehead atoms. The second-order valence-corrected chi connectivity index (χ2v) is 6.08. The van der Waals surface area contributed by atoms with E-state index in [9.17, 15) is 9.59 Å². The molecule has 0 heterocycles. The summed E-state index contributed by atoms with van der Waals surface area (Å²) in [6.45, 7) is 3.35. The van der Waals surface area contributed by atoms with Gasteiger partial charge < -0.3 is 10.6 Å². The molecule has 1 aromatic rings. The number of amides is 2. The highest BCUT2D eigenvalue weighted by molar-refractivity contribution is 6.31. The summed E-state index contributed by atoms with van der Waals surface area (Å²) in [6.07, 6.45) is 4.19. The Morgan fingerprint density at radius 1 is 1.29 bits per heavy atom. The van der Waals surface area contributed by atoms with Gasteiger partial charge >= 0.3 is 0 Å². The monoisotopic (exact) mass is 308 g/mol. The van der Waals surface area contributed by atoms with Crippen LogP contribution in [0.5, 0.6) is 0 Å². The van der Waals surface area contributed by atoms with Gasteiger partial charge in [-0.3, -0.25) is 9.59 Å². The van der Waals surface area contributed by atoms with E-state index in [1.54, 1.807) is 6.07 Å². The molecule has 0 saturated heterocycles. The van der Waals surface area contributed by atoms with Crippen molar-refractivity contribution < 1.29 is 9.59 Å². The van der Waals surface area contributed by atoms with Crippen LogP contribution >= 0.6 is 11.6 Å². The van der Waals surface area contributed by atoms with Gasteiger partial charge in [0.1, 0.15) is 6.04 Å². The largest absolute Gasteiger partial charge is 0.344 e. The van der Waals surface area contributed by atoms with Crippen molar-refractivity contribution in [2.24, 2.45) is 5.92 Å². The van der Waals surface area contributed by atoms with Gasteiger partial charge in [-0.2, -0.15) is 0 Å². The number of benzene rings is 1. The zero-order valence-electron chi connectivity index (χ0n) is 12.4. The summed E-state index contributed by atoms with van der Waals surface area (Å²) in [6, 6.07) is 4.94. The molecule has 1 fully saturated rings. The fourth-order valence-electron chi connectivity index (χ4n) is 2.80. The van der Waals surface area contributed by atoms with Crippen molar-refractivity contribution >= 4 is 29.1 Å². The molecule has 0 unspecified atom stereocenters. The van der Waals surface area contributed by atoms with Crippen LogP contribution < -0.4 is 10.6 Å².